The van der Waals surface area contributed by atoms with Gasteiger partial charge in [-0.05, 0) is 87.3 Å². The zero-order valence-corrected chi connectivity index (χ0v) is 80.6. The third-order valence-electron chi connectivity index (χ3n) is 24.6. The fraction of sp³-hybridized carbons (Fsp3) is 0.557. The van der Waals surface area contributed by atoms with Crippen molar-refractivity contribution in [3.63, 3.8) is 0 Å². The second-order valence-corrected chi connectivity index (χ2v) is 34.4. The Morgan fingerprint density at radius 2 is 0.854 bits per heavy atom. The third-order valence-corrected chi connectivity index (χ3v) is 24.6. The molecule has 2 saturated heterocycles. The number of pyridine rings is 4. The average molecular weight is 2010 g/mol. The number of carboxylic acid groups (broad SMARTS) is 2. The number of aromatic nitrogens is 4. The van der Waals surface area contributed by atoms with Gasteiger partial charge in [0.05, 0.1) is 203 Å². The van der Waals surface area contributed by atoms with Crippen LogP contribution in [-0.4, -0.2) is 336 Å². The zero-order valence-electron chi connectivity index (χ0n) is 80.6. The van der Waals surface area contributed by atoms with Crippen LogP contribution in [0, 0.1) is 0 Å². The van der Waals surface area contributed by atoms with Crippen molar-refractivity contribution in [2.24, 2.45) is 5.73 Å². The summed E-state index contributed by atoms with van der Waals surface area (Å²) in [4.78, 5) is 239. The number of amides is 9. The Kier molecular flexibility index (Phi) is 41.9. The predicted octanol–water partition coefficient (Wildman–Crippen LogP) is -0.415. The Balaban J connectivity index is 0.497. The number of hydrogen-bond acceptors (Lipinski definition) is 34. The third kappa shape index (κ3) is 29.8. The lowest BCUT2D eigenvalue weighted by atomic mass is 9.97. The number of likely N-dealkylation sites (tertiary alicyclic amines) is 2. The number of esters is 4. The molecule has 47 heteroatoms. The van der Waals surface area contributed by atoms with Crippen LogP contribution < -0.4 is 54.1 Å². The Morgan fingerprint density at radius 3 is 1.28 bits per heavy atom. The molecule has 8 atom stereocenters. The van der Waals surface area contributed by atoms with Crippen LogP contribution in [0.4, 0.5) is 0 Å². The Bertz CT molecular complexity index is 5750. The lowest BCUT2D eigenvalue weighted by Crippen LogP contribution is -2.55. The molecule has 144 heavy (non-hydrogen) atoms. The van der Waals surface area contributed by atoms with Gasteiger partial charge in [0.2, 0.25) is 65.4 Å². The maximum Gasteiger partial charge on any atom is 0.352 e. The molecule has 0 aliphatic carbocycles. The molecule has 9 amide bonds. The van der Waals surface area contributed by atoms with Crippen LogP contribution in [0.3, 0.4) is 0 Å². The molecule has 780 valence electrons. The fourth-order valence-corrected chi connectivity index (χ4v) is 17.6. The maximum absolute atomic E-state index is 14.0. The SMILES string of the molecule is CCc1c2c(nc3ccccc13)-c1cc3c(c(=O)n1C2)COC(=O)[C@H]3OC(=O)CNC(=O)[C@@H]1CCCN1C(=O)[C@H](CC(=O)O)NC(=O)CCOCCOCCOCCNC(=O)CC[C@H](NC(=O)CCOCCOCCOCCOCCN)C(=O)NCCOCCOCCOCCC(=O)N[C@@H](CC(=O)O)C(=O)N1CCC[C@H]1C(=O)NC(C)C(=O)O[C@@H]1C(=O)OCc2c1cc1n(c2=O)Cc2c-1nc1ccccc1c2CC. The van der Waals surface area contributed by atoms with Crippen LogP contribution in [0.2, 0.25) is 0 Å². The number of ether oxygens (including phenoxy) is 14. The highest BCUT2D eigenvalue weighted by atomic mass is 16.6. The first-order chi connectivity index (χ1) is 69.7. The first-order valence-corrected chi connectivity index (χ1v) is 48.3. The summed E-state index contributed by atoms with van der Waals surface area (Å²) in [6.07, 6.45) is -3.71. The van der Waals surface area contributed by atoms with E-state index in [0.717, 1.165) is 53.9 Å². The molecule has 12 rings (SSSR count). The fourth-order valence-electron chi connectivity index (χ4n) is 17.6. The molecule has 10 heterocycles. The maximum atomic E-state index is 14.0. The second-order valence-electron chi connectivity index (χ2n) is 34.4. The molecule has 0 saturated carbocycles. The van der Waals surface area contributed by atoms with Crippen molar-refractivity contribution in [1.29, 1.82) is 0 Å². The van der Waals surface area contributed by atoms with Gasteiger partial charge < -0.3 is 138 Å². The Morgan fingerprint density at radius 1 is 0.458 bits per heavy atom. The van der Waals surface area contributed by atoms with E-state index in [9.17, 15) is 91.7 Å². The average Bonchev–Trinajstić information content (AvgIpc) is 1.58. The number of nitrogens with one attached hydrogen (secondary N) is 7. The summed E-state index contributed by atoms with van der Waals surface area (Å²) >= 11 is 0. The van der Waals surface area contributed by atoms with Crippen molar-refractivity contribution in [3.8, 4) is 22.8 Å². The summed E-state index contributed by atoms with van der Waals surface area (Å²) in [7, 11) is 0. The van der Waals surface area contributed by atoms with Gasteiger partial charge in [0.1, 0.15) is 56.0 Å². The predicted molar refractivity (Wildman–Crippen MR) is 504 cm³/mol. The molecular formula is C97H124N14O33. The van der Waals surface area contributed by atoms with Gasteiger partial charge in [-0.2, -0.15) is 0 Å². The zero-order chi connectivity index (χ0) is 103. The number of hydrogen-bond donors (Lipinski definition) is 10. The highest BCUT2D eigenvalue weighted by molar-refractivity contribution is 5.99. The lowest BCUT2D eigenvalue weighted by Gasteiger charge is -2.29. The van der Waals surface area contributed by atoms with E-state index in [0.29, 0.717) is 88.0 Å². The number of carbonyl (C=O) groups excluding carboxylic acids is 13. The number of aryl methyl sites for hydroxylation is 2. The van der Waals surface area contributed by atoms with E-state index >= 15 is 0 Å². The number of rotatable bonds is 61. The Hall–Kier alpha value is -13.2. The smallest absolute Gasteiger partial charge is 0.352 e. The minimum atomic E-state index is -1.67. The van der Waals surface area contributed by atoms with Crippen LogP contribution in [0.15, 0.2) is 70.3 Å². The van der Waals surface area contributed by atoms with Crippen molar-refractivity contribution >= 4 is 111 Å². The second kappa shape index (κ2) is 55.0. The highest BCUT2D eigenvalue weighted by Gasteiger charge is 2.45. The normalized spacial score (nSPS) is 16.6. The minimum Gasteiger partial charge on any atom is -0.481 e. The van der Waals surface area contributed by atoms with Gasteiger partial charge in [0.15, 0.2) is 0 Å². The highest BCUT2D eigenvalue weighted by Crippen LogP contribution is 2.42. The van der Waals surface area contributed by atoms with Crippen molar-refractivity contribution in [1.82, 2.24) is 66.1 Å². The number of para-hydroxylation sites is 2. The lowest BCUT2D eigenvalue weighted by molar-refractivity contribution is -0.173. The number of nitrogens with two attached hydrogens (primary N) is 1. The molecule has 47 nitrogen and oxygen atoms in total. The van der Waals surface area contributed by atoms with E-state index in [1.807, 2.05) is 62.4 Å². The van der Waals surface area contributed by atoms with Crippen LogP contribution >= 0.6 is 0 Å². The van der Waals surface area contributed by atoms with E-state index < -0.39 is 168 Å². The molecule has 2 aromatic carbocycles. The summed E-state index contributed by atoms with van der Waals surface area (Å²) in [6.45, 7) is 7.52. The molecule has 1 unspecified atom stereocenters. The van der Waals surface area contributed by atoms with E-state index in [2.05, 4.69) is 37.2 Å². The summed E-state index contributed by atoms with van der Waals surface area (Å²) in [5.74, 6) is -13.1. The van der Waals surface area contributed by atoms with E-state index in [4.69, 9.17) is 82.0 Å². The number of fused-ring (bicyclic) bond motifs is 10. The van der Waals surface area contributed by atoms with Gasteiger partial charge in [-0.3, -0.25) is 67.1 Å². The molecule has 0 bridgehead atoms. The number of cyclic esters (lactones) is 2. The van der Waals surface area contributed by atoms with Gasteiger partial charge >= 0.3 is 35.8 Å². The quantitative estimate of drug-likeness (QED) is 0.0132. The number of nitrogens with zero attached hydrogens (tertiary/aromatic N) is 6. The monoisotopic (exact) mass is 2010 g/mol. The van der Waals surface area contributed by atoms with Gasteiger partial charge in [0, 0.05) is 91.4 Å². The van der Waals surface area contributed by atoms with Crippen molar-refractivity contribution < 1.29 is 148 Å². The summed E-state index contributed by atoms with van der Waals surface area (Å²) < 4.78 is 80.1. The van der Waals surface area contributed by atoms with Crippen LogP contribution in [-0.2, 0) is 177 Å². The summed E-state index contributed by atoms with van der Waals surface area (Å²) in [6, 6.07) is 10.3. The molecule has 2 fully saturated rings. The van der Waals surface area contributed by atoms with Gasteiger partial charge in [-0.25, -0.2) is 24.4 Å². The number of carboxylic acids is 2. The van der Waals surface area contributed by atoms with E-state index in [1.165, 1.54) is 6.92 Å². The molecule has 6 aromatic rings. The number of carbonyl (C=O) groups is 15. The molecular weight excluding hydrogens is 1890 g/mol. The van der Waals surface area contributed by atoms with Gasteiger partial charge in [-0.1, -0.05) is 50.2 Å². The van der Waals surface area contributed by atoms with Gasteiger partial charge in [0.25, 0.3) is 11.1 Å². The van der Waals surface area contributed by atoms with Crippen LogP contribution in [0.5, 0.6) is 0 Å². The summed E-state index contributed by atoms with van der Waals surface area (Å²) in [5, 5.41) is 39.4. The first-order valence-electron chi connectivity index (χ1n) is 48.3. The summed E-state index contributed by atoms with van der Waals surface area (Å²) in [5.41, 5.74) is 12.2. The van der Waals surface area contributed by atoms with E-state index in [1.54, 1.807) is 21.3 Å². The molecule has 0 spiro atoms. The van der Waals surface area contributed by atoms with Crippen LogP contribution in [0.1, 0.15) is 148 Å². The minimum absolute atomic E-state index is 0.000491. The van der Waals surface area contributed by atoms with E-state index in [-0.39, 0.29) is 219 Å². The Labute approximate surface area is 826 Å². The van der Waals surface area contributed by atoms with Crippen molar-refractivity contribution in [2.75, 3.05) is 171 Å². The van der Waals surface area contributed by atoms with Crippen molar-refractivity contribution in [2.45, 2.75) is 179 Å². The topological polar surface area (TPSA) is 612 Å². The largest absolute Gasteiger partial charge is 0.481 e. The molecule has 6 aliphatic rings. The number of benzene rings is 2. The van der Waals surface area contributed by atoms with Crippen molar-refractivity contribution in [3.05, 3.63) is 126 Å². The van der Waals surface area contributed by atoms with Gasteiger partial charge in [-0.15, -0.1) is 0 Å². The standard InChI is InChI=1S/C97H124N14O33/c1-4-58-60-12-6-8-14-68(60)106-84-64(58)53-110-75(84)48-62-66(91(110)124)55-141-96(129)86(62)143-83(120)52-101-89(122)73-16-10-26-108(73)93(126)71(50-81(116)117)104-79(114)21-29-132-34-40-137-44-38-135-32-24-99-77(112)19-18-70(103-78(113)20-28-131-36-42-139-46-47-140-43-37-134-31-23-98)88(121)100-25-33-136-39-45-138-41-35-133-30-22-80(115)105-72(51-82(118)119)94(127)109-27-11-17-74(109)90(123)102-57(3)95(128)144-87-63-49-76-85-65(54-111(76)92(125)67(63)56-142-97(87)130)59(5-2)61-13-7-9-15-69(61)107-85/h6-9,12-15,48-49,57,70-74,86-87H,4-5,10-11,16-47,50-56,98H2,1-3H3,(H,99,112)(H,100,121)(H,101,122)(H,102,123)(H,103,113)(H,104,114)(H,105,115)(H,116,117)(H,118,119)/t57?,70-,71-,72-,73-,74-,86-,87-/m0/s1. The molecule has 11 N–H and O–H groups in total. The molecule has 6 aliphatic heterocycles. The molecule has 4 aromatic heterocycles. The van der Waals surface area contributed by atoms with Crippen LogP contribution in [0.25, 0.3) is 44.6 Å². The first kappa shape index (κ1) is 110. The number of aliphatic carboxylic acids is 2. The molecule has 0 radical (unpaired) electrons.